The summed E-state index contributed by atoms with van der Waals surface area (Å²) in [6.07, 6.45) is 13.0. The zero-order valence-electron chi connectivity index (χ0n) is 16.0. The minimum Gasteiger partial charge on any atom is -0.481 e. The maximum absolute atomic E-state index is 12.5. The van der Waals surface area contributed by atoms with Crippen molar-refractivity contribution < 1.29 is 14.7 Å². The van der Waals surface area contributed by atoms with E-state index in [1.807, 2.05) is 48.6 Å². The number of carbonyl (C=O) groups excluding carboxylic acids is 1. The number of thiocarbonyl (C=S) groups is 1. The fourth-order valence-electron chi connectivity index (χ4n) is 2.95. The number of nitrogens with zero attached hydrogens (tertiary/aromatic N) is 1. The molecule has 0 saturated carbocycles. The Balaban J connectivity index is 1.65. The summed E-state index contributed by atoms with van der Waals surface area (Å²) < 4.78 is 0.637. The third-order valence-corrected chi connectivity index (χ3v) is 5.88. The van der Waals surface area contributed by atoms with Crippen molar-refractivity contribution in [3.63, 3.8) is 0 Å². The second kappa shape index (κ2) is 12.5. The van der Waals surface area contributed by atoms with E-state index in [0.29, 0.717) is 15.8 Å². The molecule has 1 aliphatic rings. The van der Waals surface area contributed by atoms with Gasteiger partial charge in [-0.25, -0.2) is 0 Å². The number of thioether (sulfide) groups is 1. The summed E-state index contributed by atoms with van der Waals surface area (Å²) in [5.74, 6) is -0.713. The van der Waals surface area contributed by atoms with Gasteiger partial charge in [-0.2, -0.15) is 0 Å². The number of benzene rings is 1. The van der Waals surface area contributed by atoms with Crippen LogP contribution < -0.4 is 0 Å². The number of rotatable bonds is 12. The highest BCUT2D eigenvalue weighted by molar-refractivity contribution is 8.26. The first-order valence-corrected chi connectivity index (χ1v) is 11.0. The maximum atomic E-state index is 12.5. The van der Waals surface area contributed by atoms with E-state index < -0.39 is 5.97 Å². The summed E-state index contributed by atoms with van der Waals surface area (Å²) in [5.41, 5.74) is 1.09. The van der Waals surface area contributed by atoms with Gasteiger partial charge < -0.3 is 5.11 Å². The lowest BCUT2D eigenvalue weighted by molar-refractivity contribution is -0.137. The topological polar surface area (TPSA) is 57.6 Å². The zero-order valence-corrected chi connectivity index (χ0v) is 17.6. The standard InChI is InChI=1S/C22H27NO3S2/c24-20(25)16-9-4-2-1-3-5-10-17-23-21(26)19(28-22(23)27)15-11-14-18-12-7-6-8-13-18/h6-8,11-15H,1-5,9-10,16-17H2,(H,24,25)/b14-11+,19-15-. The molecule has 1 saturated heterocycles. The smallest absolute Gasteiger partial charge is 0.303 e. The molecule has 150 valence electrons. The first-order chi connectivity index (χ1) is 13.6. The van der Waals surface area contributed by atoms with E-state index in [1.165, 1.54) is 11.8 Å². The molecule has 0 radical (unpaired) electrons. The molecule has 6 heteroatoms. The van der Waals surface area contributed by atoms with Crippen molar-refractivity contribution in [3.05, 3.63) is 53.0 Å². The first kappa shape index (κ1) is 22.4. The van der Waals surface area contributed by atoms with Crippen molar-refractivity contribution in [3.8, 4) is 0 Å². The predicted octanol–water partition coefficient (Wildman–Crippen LogP) is 5.65. The highest BCUT2D eigenvalue weighted by Crippen LogP contribution is 2.31. The highest BCUT2D eigenvalue weighted by atomic mass is 32.2. The molecule has 1 aromatic carbocycles. The van der Waals surface area contributed by atoms with Crippen molar-refractivity contribution in [1.29, 1.82) is 0 Å². The van der Waals surface area contributed by atoms with Crippen molar-refractivity contribution in [2.75, 3.05) is 6.54 Å². The Morgan fingerprint density at radius 2 is 1.68 bits per heavy atom. The van der Waals surface area contributed by atoms with Crippen LogP contribution in [0.4, 0.5) is 0 Å². The Morgan fingerprint density at radius 3 is 2.36 bits per heavy atom. The summed E-state index contributed by atoms with van der Waals surface area (Å²) in [6.45, 7) is 0.670. The number of aliphatic carboxylic acids is 1. The molecule has 0 atom stereocenters. The number of hydrogen-bond donors (Lipinski definition) is 1. The van der Waals surface area contributed by atoms with Gasteiger partial charge in [0.1, 0.15) is 4.32 Å². The molecule has 0 aromatic heterocycles. The molecule has 1 heterocycles. The fraction of sp³-hybridized carbons (Fsp3) is 0.409. The Labute approximate surface area is 176 Å². The van der Waals surface area contributed by atoms with E-state index in [9.17, 15) is 9.59 Å². The predicted molar refractivity (Wildman–Crippen MR) is 120 cm³/mol. The molecule has 1 aliphatic heterocycles. The van der Waals surface area contributed by atoms with E-state index in [0.717, 1.165) is 50.5 Å². The molecule has 28 heavy (non-hydrogen) atoms. The van der Waals surface area contributed by atoms with Crippen LogP contribution in [0.1, 0.15) is 56.9 Å². The van der Waals surface area contributed by atoms with Crippen LogP contribution >= 0.6 is 24.0 Å². The van der Waals surface area contributed by atoms with Gasteiger partial charge in [-0.15, -0.1) is 0 Å². The van der Waals surface area contributed by atoms with Gasteiger partial charge in [0, 0.05) is 13.0 Å². The summed E-state index contributed by atoms with van der Waals surface area (Å²) in [4.78, 5) is 25.3. The van der Waals surface area contributed by atoms with Gasteiger partial charge in [-0.1, -0.05) is 98.6 Å². The lowest BCUT2D eigenvalue weighted by Crippen LogP contribution is -2.29. The molecule has 4 nitrogen and oxygen atoms in total. The van der Waals surface area contributed by atoms with Crippen LogP contribution in [0.2, 0.25) is 0 Å². The van der Waals surface area contributed by atoms with Gasteiger partial charge in [0.2, 0.25) is 0 Å². The molecule has 0 aliphatic carbocycles. The fourth-order valence-corrected chi connectivity index (χ4v) is 4.21. The Bertz CT molecular complexity index is 729. The van der Waals surface area contributed by atoms with Crippen LogP contribution in [0, 0.1) is 0 Å². The number of unbranched alkanes of at least 4 members (excludes halogenated alkanes) is 6. The van der Waals surface area contributed by atoms with Gasteiger partial charge in [-0.05, 0) is 24.5 Å². The minimum atomic E-state index is -0.715. The number of carbonyl (C=O) groups is 2. The van der Waals surface area contributed by atoms with Crippen molar-refractivity contribution >= 4 is 46.3 Å². The Kier molecular flexibility index (Phi) is 10.0. The van der Waals surface area contributed by atoms with Gasteiger partial charge in [0.15, 0.2) is 0 Å². The number of amides is 1. The van der Waals surface area contributed by atoms with E-state index in [1.54, 1.807) is 4.90 Å². The van der Waals surface area contributed by atoms with Gasteiger partial charge in [0.25, 0.3) is 5.91 Å². The van der Waals surface area contributed by atoms with E-state index in [-0.39, 0.29) is 12.3 Å². The quantitative estimate of drug-likeness (QED) is 0.271. The second-order valence-electron chi connectivity index (χ2n) is 6.74. The van der Waals surface area contributed by atoms with Gasteiger partial charge in [0.05, 0.1) is 4.91 Å². The molecule has 0 unspecified atom stereocenters. The average molecular weight is 418 g/mol. The normalized spacial score (nSPS) is 15.9. The lowest BCUT2D eigenvalue weighted by atomic mass is 10.1. The third kappa shape index (κ3) is 7.98. The zero-order chi connectivity index (χ0) is 20.2. The number of hydrogen-bond acceptors (Lipinski definition) is 4. The Morgan fingerprint density at radius 1 is 1.04 bits per heavy atom. The van der Waals surface area contributed by atoms with Crippen molar-refractivity contribution in [1.82, 2.24) is 4.90 Å². The number of carboxylic acids is 1. The largest absolute Gasteiger partial charge is 0.481 e. The van der Waals surface area contributed by atoms with Crippen LogP contribution in [0.25, 0.3) is 6.08 Å². The van der Waals surface area contributed by atoms with Crippen LogP contribution in [0.5, 0.6) is 0 Å². The summed E-state index contributed by atoms with van der Waals surface area (Å²) in [7, 11) is 0. The van der Waals surface area contributed by atoms with Gasteiger partial charge >= 0.3 is 5.97 Å². The van der Waals surface area contributed by atoms with Crippen LogP contribution in [0.3, 0.4) is 0 Å². The molecular weight excluding hydrogens is 390 g/mol. The van der Waals surface area contributed by atoms with Crippen LogP contribution in [-0.4, -0.2) is 32.7 Å². The van der Waals surface area contributed by atoms with E-state index in [4.69, 9.17) is 17.3 Å². The summed E-state index contributed by atoms with van der Waals surface area (Å²) >= 11 is 6.73. The number of allylic oxidation sites excluding steroid dienone is 2. The molecule has 0 spiro atoms. The Hall–Kier alpha value is -1.92. The van der Waals surface area contributed by atoms with Crippen molar-refractivity contribution in [2.45, 2.75) is 51.4 Å². The molecular formula is C22H27NO3S2. The molecule has 1 aromatic rings. The van der Waals surface area contributed by atoms with Crippen molar-refractivity contribution in [2.24, 2.45) is 0 Å². The second-order valence-corrected chi connectivity index (χ2v) is 8.42. The lowest BCUT2D eigenvalue weighted by Gasteiger charge is -2.13. The van der Waals surface area contributed by atoms with E-state index in [2.05, 4.69) is 0 Å². The maximum Gasteiger partial charge on any atom is 0.303 e. The first-order valence-electron chi connectivity index (χ1n) is 9.77. The summed E-state index contributed by atoms with van der Waals surface area (Å²) in [6, 6.07) is 9.97. The van der Waals surface area contributed by atoms with Gasteiger partial charge in [-0.3, -0.25) is 14.5 Å². The molecule has 1 N–H and O–H groups in total. The monoisotopic (exact) mass is 417 g/mol. The molecule has 1 amide bonds. The molecule has 0 bridgehead atoms. The SMILES string of the molecule is O=C(O)CCCCCCCCCN1C(=O)/C(=C/C=C/c2ccccc2)SC1=S. The highest BCUT2D eigenvalue weighted by Gasteiger charge is 2.30. The summed E-state index contributed by atoms with van der Waals surface area (Å²) in [5, 5.41) is 8.60. The minimum absolute atomic E-state index is 0.00128. The number of carboxylic acid groups (broad SMARTS) is 1. The van der Waals surface area contributed by atoms with E-state index >= 15 is 0 Å². The molecule has 1 fully saturated rings. The molecule has 2 rings (SSSR count). The van der Waals surface area contributed by atoms with Crippen LogP contribution in [-0.2, 0) is 9.59 Å². The van der Waals surface area contributed by atoms with Crippen LogP contribution in [0.15, 0.2) is 47.4 Å². The average Bonchev–Trinajstić information content (AvgIpc) is 2.94. The third-order valence-electron chi connectivity index (χ3n) is 4.48.